The van der Waals surface area contributed by atoms with Gasteiger partial charge in [-0.3, -0.25) is 0 Å². The highest BCUT2D eigenvalue weighted by molar-refractivity contribution is 5.85. The van der Waals surface area contributed by atoms with Gasteiger partial charge in [-0.15, -0.1) is 0 Å². The molecule has 0 aliphatic heterocycles. The molecule has 1 aromatic carbocycles. The van der Waals surface area contributed by atoms with Gasteiger partial charge in [0.05, 0.1) is 0 Å². The molecular weight excluding hydrogens is 324 g/mol. The number of fused-ring (bicyclic) bond motifs is 1. The molecule has 134 valence electrons. The third-order valence-electron chi connectivity index (χ3n) is 5.04. The van der Waals surface area contributed by atoms with Crippen molar-refractivity contribution >= 4 is 28.6 Å². The Morgan fingerprint density at radius 1 is 0.923 bits per heavy atom. The lowest BCUT2D eigenvalue weighted by molar-refractivity contribution is 0.461. The van der Waals surface area contributed by atoms with E-state index in [-0.39, 0.29) is 0 Å². The molecule has 3 aromatic rings. The van der Waals surface area contributed by atoms with Crippen molar-refractivity contribution in [1.29, 1.82) is 0 Å². The van der Waals surface area contributed by atoms with E-state index in [1.165, 1.54) is 43.2 Å². The van der Waals surface area contributed by atoms with Crippen molar-refractivity contribution in [2.24, 2.45) is 0 Å². The van der Waals surface area contributed by atoms with Crippen LogP contribution in [0, 0.1) is 13.8 Å². The van der Waals surface area contributed by atoms with E-state index in [0.29, 0.717) is 29.0 Å². The Bertz CT molecular complexity index is 917. The standard InChI is InChI=1S/C20H24N6/c1-13-8-9-16(12-14(13)2)23-19-17-18(22-11-10-21-17)25-20(26-19)24-15-6-4-3-5-7-15/h8-12,15H,3-7H2,1-2H3,(H2,22,23,24,25,26). The topological polar surface area (TPSA) is 75.6 Å². The molecule has 1 aliphatic carbocycles. The fraction of sp³-hybridized carbons (Fsp3) is 0.400. The molecule has 26 heavy (non-hydrogen) atoms. The van der Waals surface area contributed by atoms with Crippen molar-refractivity contribution in [3.05, 3.63) is 41.7 Å². The number of hydrogen-bond acceptors (Lipinski definition) is 6. The van der Waals surface area contributed by atoms with Crippen LogP contribution in [-0.2, 0) is 0 Å². The summed E-state index contributed by atoms with van der Waals surface area (Å²) in [7, 11) is 0. The van der Waals surface area contributed by atoms with E-state index < -0.39 is 0 Å². The molecule has 1 aliphatic rings. The number of hydrogen-bond donors (Lipinski definition) is 2. The summed E-state index contributed by atoms with van der Waals surface area (Å²) in [5.41, 5.74) is 4.77. The zero-order valence-corrected chi connectivity index (χ0v) is 15.3. The van der Waals surface area contributed by atoms with Crippen molar-refractivity contribution in [3.63, 3.8) is 0 Å². The molecule has 0 amide bonds. The van der Waals surface area contributed by atoms with Crippen molar-refractivity contribution < 1.29 is 0 Å². The first kappa shape index (κ1) is 16.7. The second-order valence-corrected chi connectivity index (χ2v) is 7.03. The molecule has 4 rings (SSSR count). The van der Waals surface area contributed by atoms with Crippen LogP contribution in [0.15, 0.2) is 30.6 Å². The first-order chi connectivity index (χ1) is 12.7. The van der Waals surface area contributed by atoms with E-state index in [2.05, 4.69) is 57.6 Å². The van der Waals surface area contributed by atoms with Gasteiger partial charge >= 0.3 is 0 Å². The summed E-state index contributed by atoms with van der Waals surface area (Å²) in [5, 5.41) is 6.89. The number of nitrogens with zero attached hydrogens (tertiary/aromatic N) is 4. The zero-order chi connectivity index (χ0) is 17.9. The van der Waals surface area contributed by atoms with E-state index >= 15 is 0 Å². The fourth-order valence-electron chi connectivity index (χ4n) is 3.40. The third kappa shape index (κ3) is 3.59. The Morgan fingerprint density at radius 3 is 2.54 bits per heavy atom. The summed E-state index contributed by atoms with van der Waals surface area (Å²) < 4.78 is 0. The zero-order valence-electron chi connectivity index (χ0n) is 15.3. The van der Waals surface area contributed by atoms with Gasteiger partial charge in [0.2, 0.25) is 5.95 Å². The molecular formula is C20H24N6. The van der Waals surface area contributed by atoms with Crippen molar-refractivity contribution in [3.8, 4) is 0 Å². The Labute approximate surface area is 153 Å². The second-order valence-electron chi connectivity index (χ2n) is 7.03. The third-order valence-corrected chi connectivity index (χ3v) is 5.04. The fourth-order valence-corrected chi connectivity index (χ4v) is 3.40. The minimum Gasteiger partial charge on any atom is -0.351 e. The van der Waals surface area contributed by atoms with Crippen LogP contribution in [0.5, 0.6) is 0 Å². The molecule has 0 radical (unpaired) electrons. The number of anilines is 3. The van der Waals surface area contributed by atoms with Gasteiger partial charge in [0.15, 0.2) is 17.0 Å². The molecule has 0 unspecified atom stereocenters. The lowest BCUT2D eigenvalue weighted by atomic mass is 9.96. The molecule has 6 heteroatoms. The van der Waals surface area contributed by atoms with Crippen LogP contribution < -0.4 is 10.6 Å². The number of nitrogens with one attached hydrogen (secondary N) is 2. The molecule has 2 N–H and O–H groups in total. The van der Waals surface area contributed by atoms with E-state index in [1.54, 1.807) is 12.4 Å². The average Bonchev–Trinajstić information content (AvgIpc) is 2.66. The van der Waals surface area contributed by atoms with Crippen LogP contribution in [-0.4, -0.2) is 26.0 Å². The summed E-state index contributed by atoms with van der Waals surface area (Å²) in [6, 6.07) is 6.72. The molecule has 6 nitrogen and oxygen atoms in total. The monoisotopic (exact) mass is 348 g/mol. The highest BCUT2D eigenvalue weighted by atomic mass is 15.2. The smallest absolute Gasteiger partial charge is 0.227 e. The molecule has 0 saturated heterocycles. The molecule has 0 bridgehead atoms. The van der Waals surface area contributed by atoms with Crippen molar-refractivity contribution in [2.45, 2.75) is 52.0 Å². The number of benzene rings is 1. The van der Waals surface area contributed by atoms with E-state index in [9.17, 15) is 0 Å². The average molecular weight is 348 g/mol. The predicted octanol–water partition coefficient (Wildman–Crippen LogP) is 4.52. The summed E-state index contributed by atoms with van der Waals surface area (Å²) >= 11 is 0. The summed E-state index contributed by atoms with van der Waals surface area (Å²) in [5.74, 6) is 1.31. The van der Waals surface area contributed by atoms with Gasteiger partial charge in [-0.05, 0) is 49.9 Å². The largest absolute Gasteiger partial charge is 0.351 e. The van der Waals surface area contributed by atoms with Gasteiger partial charge in [0.25, 0.3) is 0 Å². The van der Waals surface area contributed by atoms with Gasteiger partial charge in [0.1, 0.15) is 0 Å². The first-order valence-corrected chi connectivity index (χ1v) is 9.28. The lowest BCUT2D eigenvalue weighted by Gasteiger charge is -2.23. The van der Waals surface area contributed by atoms with Gasteiger partial charge in [-0.2, -0.15) is 9.97 Å². The molecule has 0 spiro atoms. The number of aryl methyl sites for hydroxylation is 2. The Balaban J connectivity index is 1.68. The molecule has 0 atom stereocenters. The van der Waals surface area contributed by atoms with Crippen molar-refractivity contribution in [1.82, 2.24) is 19.9 Å². The Hall–Kier alpha value is -2.76. The highest BCUT2D eigenvalue weighted by Gasteiger charge is 2.16. The first-order valence-electron chi connectivity index (χ1n) is 9.28. The molecule has 2 aromatic heterocycles. The molecule has 1 saturated carbocycles. The SMILES string of the molecule is Cc1ccc(Nc2nc(NC3CCCCC3)nc3nccnc23)cc1C. The van der Waals surface area contributed by atoms with Gasteiger partial charge < -0.3 is 10.6 Å². The maximum absolute atomic E-state index is 4.71. The van der Waals surface area contributed by atoms with Crippen LogP contribution in [0.1, 0.15) is 43.2 Å². The van der Waals surface area contributed by atoms with Gasteiger partial charge in [0, 0.05) is 24.1 Å². The van der Waals surface area contributed by atoms with Gasteiger partial charge in [-0.25, -0.2) is 9.97 Å². The predicted molar refractivity (Wildman–Crippen MR) is 105 cm³/mol. The second kappa shape index (κ2) is 7.23. The van der Waals surface area contributed by atoms with Crippen LogP contribution in [0.2, 0.25) is 0 Å². The van der Waals surface area contributed by atoms with Gasteiger partial charge in [-0.1, -0.05) is 25.3 Å². The van der Waals surface area contributed by atoms with Crippen LogP contribution in [0.4, 0.5) is 17.5 Å². The van der Waals surface area contributed by atoms with E-state index in [4.69, 9.17) is 4.98 Å². The summed E-state index contributed by atoms with van der Waals surface area (Å²) in [6.45, 7) is 4.21. The molecule has 1 fully saturated rings. The number of rotatable bonds is 4. The highest BCUT2D eigenvalue weighted by Crippen LogP contribution is 2.25. The lowest BCUT2D eigenvalue weighted by Crippen LogP contribution is -2.23. The quantitative estimate of drug-likeness (QED) is 0.722. The Morgan fingerprint density at radius 2 is 1.73 bits per heavy atom. The van der Waals surface area contributed by atoms with Crippen LogP contribution in [0.25, 0.3) is 11.2 Å². The summed E-state index contributed by atoms with van der Waals surface area (Å²) in [6.07, 6.45) is 9.52. The minimum atomic E-state index is 0.437. The maximum atomic E-state index is 4.71. The Kier molecular flexibility index (Phi) is 4.65. The van der Waals surface area contributed by atoms with Crippen LogP contribution in [0.3, 0.4) is 0 Å². The normalized spacial score (nSPS) is 15.2. The minimum absolute atomic E-state index is 0.437. The van der Waals surface area contributed by atoms with E-state index in [0.717, 1.165) is 5.69 Å². The number of aromatic nitrogens is 4. The molecule has 2 heterocycles. The van der Waals surface area contributed by atoms with Crippen molar-refractivity contribution in [2.75, 3.05) is 10.6 Å². The van der Waals surface area contributed by atoms with E-state index in [1.807, 2.05) is 0 Å². The summed E-state index contributed by atoms with van der Waals surface area (Å²) in [4.78, 5) is 18.1. The van der Waals surface area contributed by atoms with Crippen LogP contribution >= 0.6 is 0 Å². The maximum Gasteiger partial charge on any atom is 0.227 e.